The van der Waals surface area contributed by atoms with Crippen molar-refractivity contribution in [2.24, 2.45) is 0 Å². The van der Waals surface area contributed by atoms with Crippen LogP contribution in [0, 0.1) is 5.82 Å². The van der Waals surface area contributed by atoms with E-state index in [0.717, 1.165) is 21.8 Å². The largest absolute Gasteiger partial charge is 0.393 e. The van der Waals surface area contributed by atoms with Gasteiger partial charge in [0.1, 0.15) is 11.5 Å². The van der Waals surface area contributed by atoms with Gasteiger partial charge in [-0.15, -0.1) is 5.10 Å². The Morgan fingerprint density at radius 1 is 1.20 bits per heavy atom. The first-order valence-corrected chi connectivity index (χ1v) is 8.64. The number of rotatable bonds is 3. The Labute approximate surface area is 165 Å². The minimum absolute atomic E-state index is 0.0672. The third-order valence-corrected chi connectivity index (χ3v) is 4.40. The van der Waals surface area contributed by atoms with Crippen LogP contribution in [-0.4, -0.2) is 50.9 Å². The number of benzene rings is 1. The molecule has 1 saturated heterocycles. The molecule has 4 rings (SSSR count). The molecule has 0 aliphatic carbocycles. The summed E-state index contributed by atoms with van der Waals surface area (Å²) in [6.07, 6.45) is -3.21. The first-order chi connectivity index (χ1) is 14.0. The SMILES string of the molecule is O=C(Nc1ccc(F)c(-n2cc3cc(CC(F)(F)F)cnc3n2)c1)N1CC(F)(F)C1. The van der Waals surface area contributed by atoms with Crippen LogP contribution in [0.1, 0.15) is 5.56 Å². The number of anilines is 1. The zero-order chi connectivity index (χ0) is 21.7. The van der Waals surface area contributed by atoms with Gasteiger partial charge in [0.15, 0.2) is 5.65 Å². The van der Waals surface area contributed by atoms with Crippen molar-refractivity contribution in [1.29, 1.82) is 0 Å². The summed E-state index contributed by atoms with van der Waals surface area (Å²) in [7, 11) is 0. The summed E-state index contributed by atoms with van der Waals surface area (Å²) in [5.41, 5.74) is 0.0777. The van der Waals surface area contributed by atoms with Crippen LogP contribution < -0.4 is 5.32 Å². The smallest absolute Gasteiger partial charge is 0.312 e. The van der Waals surface area contributed by atoms with Crippen molar-refractivity contribution in [2.45, 2.75) is 18.5 Å². The number of fused-ring (bicyclic) bond motifs is 1. The number of likely N-dealkylation sites (tertiary alicyclic amines) is 1. The fraction of sp³-hybridized carbons (Fsp3) is 0.278. The first-order valence-electron chi connectivity index (χ1n) is 8.64. The van der Waals surface area contributed by atoms with Crippen LogP contribution in [0.25, 0.3) is 16.7 Å². The van der Waals surface area contributed by atoms with Crippen molar-refractivity contribution < 1.29 is 31.1 Å². The first kappa shape index (κ1) is 20.0. The van der Waals surface area contributed by atoms with E-state index in [4.69, 9.17) is 0 Å². The third-order valence-electron chi connectivity index (χ3n) is 4.40. The van der Waals surface area contributed by atoms with Gasteiger partial charge < -0.3 is 10.2 Å². The maximum Gasteiger partial charge on any atom is 0.393 e. The van der Waals surface area contributed by atoms with Crippen LogP contribution in [-0.2, 0) is 6.42 Å². The second-order valence-corrected chi connectivity index (χ2v) is 6.93. The number of nitrogens with one attached hydrogen (secondary N) is 1. The quantitative estimate of drug-likeness (QED) is 0.637. The number of amides is 2. The number of pyridine rings is 1. The maximum absolute atomic E-state index is 14.3. The summed E-state index contributed by atoms with van der Waals surface area (Å²) in [5, 5.41) is 6.71. The lowest BCUT2D eigenvalue weighted by Gasteiger charge is -2.38. The Morgan fingerprint density at radius 3 is 2.60 bits per heavy atom. The average molecular weight is 429 g/mol. The molecule has 0 radical (unpaired) electrons. The molecule has 0 spiro atoms. The molecule has 158 valence electrons. The van der Waals surface area contributed by atoms with Gasteiger partial charge >= 0.3 is 12.2 Å². The van der Waals surface area contributed by atoms with Crippen molar-refractivity contribution in [3.8, 4) is 5.69 Å². The van der Waals surface area contributed by atoms with E-state index in [-0.39, 0.29) is 28.0 Å². The van der Waals surface area contributed by atoms with Crippen LogP contribution in [0.15, 0.2) is 36.7 Å². The van der Waals surface area contributed by atoms with E-state index >= 15 is 0 Å². The average Bonchev–Trinajstić information content (AvgIpc) is 3.02. The van der Waals surface area contributed by atoms with Gasteiger partial charge in [-0.3, -0.25) is 0 Å². The van der Waals surface area contributed by atoms with Crippen molar-refractivity contribution in [3.05, 3.63) is 48.0 Å². The molecule has 2 aromatic heterocycles. The number of hydrogen-bond donors (Lipinski definition) is 1. The van der Waals surface area contributed by atoms with E-state index in [1.165, 1.54) is 24.4 Å². The topological polar surface area (TPSA) is 63.1 Å². The summed E-state index contributed by atoms with van der Waals surface area (Å²) >= 11 is 0. The Morgan fingerprint density at radius 2 is 1.93 bits per heavy atom. The fourth-order valence-corrected chi connectivity index (χ4v) is 3.04. The van der Waals surface area contributed by atoms with Crippen molar-refractivity contribution >= 4 is 22.8 Å². The molecule has 1 aliphatic rings. The van der Waals surface area contributed by atoms with Crippen molar-refractivity contribution in [2.75, 3.05) is 18.4 Å². The summed E-state index contributed by atoms with van der Waals surface area (Å²) in [4.78, 5) is 16.7. The van der Waals surface area contributed by atoms with Gasteiger partial charge in [0.05, 0.1) is 19.5 Å². The molecule has 1 aromatic carbocycles. The highest BCUT2D eigenvalue weighted by Crippen LogP contribution is 2.28. The van der Waals surface area contributed by atoms with Gasteiger partial charge in [-0.2, -0.15) is 13.2 Å². The van der Waals surface area contributed by atoms with E-state index in [1.54, 1.807) is 0 Å². The summed E-state index contributed by atoms with van der Waals surface area (Å²) < 4.78 is 78.9. The highest BCUT2D eigenvalue weighted by atomic mass is 19.4. The molecule has 6 nitrogen and oxygen atoms in total. The Balaban J connectivity index is 1.58. The minimum Gasteiger partial charge on any atom is -0.312 e. The second kappa shape index (κ2) is 6.89. The molecule has 0 saturated carbocycles. The van der Waals surface area contributed by atoms with Gasteiger partial charge in [-0.05, 0) is 29.8 Å². The highest BCUT2D eigenvalue weighted by molar-refractivity contribution is 5.90. The highest BCUT2D eigenvalue weighted by Gasteiger charge is 2.46. The molecule has 1 fully saturated rings. The lowest BCUT2D eigenvalue weighted by atomic mass is 10.1. The zero-order valence-corrected chi connectivity index (χ0v) is 15.1. The van der Waals surface area contributed by atoms with Gasteiger partial charge in [0.25, 0.3) is 5.92 Å². The van der Waals surface area contributed by atoms with E-state index in [2.05, 4.69) is 15.4 Å². The Kier molecular flexibility index (Phi) is 4.59. The standard InChI is InChI=1S/C18H13F6N5O/c19-13-2-1-12(26-16(30)28-8-17(20,21)9-28)4-14(13)29-7-11-3-10(5-18(22,23)24)6-25-15(11)27-29/h1-4,6-7H,5,8-9H2,(H,26,30). The lowest BCUT2D eigenvalue weighted by molar-refractivity contribution is -0.127. The fourth-order valence-electron chi connectivity index (χ4n) is 3.04. The molecule has 12 heteroatoms. The van der Waals surface area contributed by atoms with Crippen LogP contribution >= 0.6 is 0 Å². The summed E-state index contributed by atoms with van der Waals surface area (Å²) in [5.74, 6) is -3.63. The predicted molar refractivity (Wildman–Crippen MR) is 94.1 cm³/mol. The predicted octanol–water partition coefficient (Wildman–Crippen LogP) is 4.15. The molecular weight excluding hydrogens is 416 g/mol. The van der Waals surface area contributed by atoms with Gasteiger partial charge in [0, 0.05) is 23.5 Å². The number of aromatic nitrogens is 3. The van der Waals surface area contributed by atoms with E-state index in [9.17, 15) is 31.1 Å². The van der Waals surface area contributed by atoms with Crippen molar-refractivity contribution in [3.63, 3.8) is 0 Å². The molecule has 1 aliphatic heterocycles. The molecule has 1 N–H and O–H groups in total. The van der Waals surface area contributed by atoms with Crippen molar-refractivity contribution in [1.82, 2.24) is 19.7 Å². The Bertz CT molecular complexity index is 1120. The number of carbonyl (C=O) groups is 1. The monoisotopic (exact) mass is 429 g/mol. The number of halogens is 6. The van der Waals surface area contributed by atoms with Gasteiger partial charge in [0.2, 0.25) is 0 Å². The summed E-state index contributed by atoms with van der Waals surface area (Å²) in [6.45, 7) is -1.41. The molecule has 0 bridgehead atoms. The zero-order valence-electron chi connectivity index (χ0n) is 15.1. The molecule has 0 atom stereocenters. The lowest BCUT2D eigenvalue weighted by Crippen LogP contribution is -2.59. The molecule has 30 heavy (non-hydrogen) atoms. The number of alkyl halides is 5. The molecule has 2 amide bonds. The molecule has 3 heterocycles. The Hall–Kier alpha value is -3.31. The van der Waals surface area contributed by atoms with Crippen LogP contribution in [0.5, 0.6) is 0 Å². The van der Waals surface area contributed by atoms with Gasteiger partial charge in [-0.25, -0.2) is 27.6 Å². The van der Waals surface area contributed by atoms with E-state index in [0.29, 0.717) is 0 Å². The van der Waals surface area contributed by atoms with Crippen LogP contribution in [0.3, 0.4) is 0 Å². The second-order valence-electron chi connectivity index (χ2n) is 6.93. The number of hydrogen-bond acceptors (Lipinski definition) is 3. The number of nitrogens with zero attached hydrogens (tertiary/aromatic N) is 4. The molecule has 0 unspecified atom stereocenters. The van der Waals surface area contributed by atoms with E-state index < -0.39 is 43.5 Å². The molecular formula is C18H13F6N5O. The number of urea groups is 1. The third kappa shape index (κ3) is 4.16. The maximum atomic E-state index is 14.3. The summed E-state index contributed by atoms with van der Waals surface area (Å²) in [6, 6.07) is 4.02. The van der Waals surface area contributed by atoms with Crippen LogP contribution in [0.4, 0.5) is 36.8 Å². The van der Waals surface area contributed by atoms with E-state index in [1.807, 2.05) is 0 Å². The minimum atomic E-state index is -4.40. The molecule has 3 aromatic rings. The normalized spacial score (nSPS) is 15.9. The number of carbonyl (C=O) groups excluding carboxylic acids is 1. The van der Waals surface area contributed by atoms with Gasteiger partial charge in [-0.1, -0.05) is 0 Å². The van der Waals surface area contributed by atoms with Crippen LogP contribution in [0.2, 0.25) is 0 Å².